The highest BCUT2D eigenvalue weighted by Gasteiger charge is 2.40. The van der Waals surface area contributed by atoms with E-state index in [1.807, 2.05) is 14.5 Å². The number of halogens is 4. The fourth-order valence-electron chi connectivity index (χ4n) is 6.66. The second-order valence-electron chi connectivity index (χ2n) is 11.8. The van der Waals surface area contributed by atoms with Gasteiger partial charge in [-0.25, -0.2) is 4.79 Å². The van der Waals surface area contributed by atoms with E-state index in [0.29, 0.717) is 44.7 Å². The third-order valence-corrected chi connectivity index (χ3v) is 9.10. The maximum atomic E-state index is 13.7. The third kappa shape index (κ3) is 6.07. The van der Waals surface area contributed by atoms with E-state index in [2.05, 4.69) is 5.10 Å². The predicted octanol–water partition coefficient (Wildman–Crippen LogP) is 5.01. The molecule has 3 saturated heterocycles. The Hall–Kier alpha value is -2.79. The van der Waals surface area contributed by atoms with E-state index in [1.165, 1.54) is 12.1 Å². The molecule has 4 heterocycles. The van der Waals surface area contributed by atoms with Gasteiger partial charge in [0.1, 0.15) is 0 Å². The maximum absolute atomic E-state index is 13.7. The Labute approximate surface area is 244 Å². The molecule has 4 aliphatic rings. The monoisotopic (exact) mass is 594 g/mol. The van der Waals surface area contributed by atoms with E-state index < -0.39 is 11.7 Å². The van der Waals surface area contributed by atoms with Gasteiger partial charge in [-0.1, -0.05) is 18.2 Å². The number of nitrogens with zero attached hydrogens (tertiary/aromatic N) is 5. The van der Waals surface area contributed by atoms with Crippen molar-refractivity contribution in [1.82, 2.24) is 24.5 Å². The van der Waals surface area contributed by atoms with Crippen molar-refractivity contribution < 1.29 is 22.8 Å². The van der Waals surface area contributed by atoms with Gasteiger partial charge in [0, 0.05) is 57.1 Å². The molecule has 1 aliphatic carbocycles. The lowest BCUT2D eigenvalue weighted by Crippen LogP contribution is -2.51. The first-order valence-corrected chi connectivity index (χ1v) is 14.5. The molecule has 6 rings (SSSR count). The first-order chi connectivity index (χ1) is 19.2. The van der Waals surface area contributed by atoms with Crippen molar-refractivity contribution in [3.05, 3.63) is 52.8 Å². The van der Waals surface area contributed by atoms with Gasteiger partial charge in [0.25, 0.3) is 5.91 Å². The zero-order valence-electron chi connectivity index (χ0n) is 23.1. The van der Waals surface area contributed by atoms with Gasteiger partial charge in [-0.2, -0.15) is 18.3 Å². The highest BCUT2D eigenvalue weighted by atomic mass is 35.5. The van der Waals surface area contributed by atoms with Crippen molar-refractivity contribution in [3.63, 3.8) is 0 Å². The Morgan fingerprint density at radius 2 is 1.44 bits per heavy atom. The van der Waals surface area contributed by atoms with Gasteiger partial charge in [0.15, 0.2) is 0 Å². The van der Waals surface area contributed by atoms with Gasteiger partial charge >= 0.3 is 12.2 Å². The van der Waals surface area contributed by atoms with E-state index in [0.717, 1.165) is 50.3 Å². The zero-order valence-corrected chi connectivity index (χ0v) is 23.9. The molecule has 2 N–H and O–H groups in total. The molecule has 0 spiro atoms. The van der Waals surface area contributed by atoms with Crippen molar-refractivity contribution >= 4 is 24.3 Å². The molecular formula is C29H38ClF3N6O2. The molecule has 1 aromatic carbocycles. The number of benzene rings is 1. The van der Waals surface area contributed by atoms with Crippen molar-refractivity contribution in [1.29, 1.82) is 0 Å². The molecule has 2 aromatic rings. The smallest absolute Gasteiger partial charge is 0.338 e. The lowest BCUT2D eigenvalue weighted by atomic mass is 9.93. The summed E-state index contributed by atoms with van der Waals surface area (Å²) in [4.78, 5) is 32.2. The molecule has 0 radical (unpaired) electrons. The van der Waals surface area contributed by atoms with Crippen LogP contribution >= 0.6 is 12.4 Å². The van der Waals surface area contributed by atoms with E-state index in [4.69, 9.17) is 5.73 Å². The summed E-state index contributed by atoms with van der Waals surface area (Å²) in [6.45, 7) is 3.39. The van der Waals surface area contributed by atoms with E-state index in [9.17, 15) is 22.8 Å². The minimum Gasteiger partial charge on any atom is -0.338 e. The van der Waals surface area contributed by atoms with Crippen molar-refractivity contribution in [3.8, 4) is 0 Å². The fourth-order valence-corrected chi connectivity index (χ4v) is 6.66. The van der Waals surface area contributed by atoms with Crippen LogP contribution in [0, 0.1) is 0 Å². The van der Waals surface area contributed by atoms with Gasteiger partial charge in [-0.3, -0.25) is 9.48 Å². The van der Waals surface area contributed by atoms with Crippen molar-refractivity contribution in [2.75, 3.05) is 39.3 Å². The number of aromatic nitrogens is 2. The largest absolute Gasteiger partial charge is 0.416 e. The quantitative estimate of drug-likeness (QED) is 0.539. The SMILES string of the molecule is Cl.NC1CCN(C(=O)N2CCC(n3ncc(C(=O)N4CC[C@@H](c5ccccc5C(F)(F)F)C4)c3C3CC3)CC2)CC1. The Kier molecular flexibility index (Phi) is 8.57. The van der Waals surface area contributed by atoms with E-state index in [1.54, 1.807) is 17.2 Å². The Bertz CT molecular complexity index is 1250. The summed E-state index contributed by atoms with van der Waals surface area (Å²) in [5.41, 5.74) is 7.17. The van der Waals surface area contributed by atoms with Gasteiger partial charge in [-0.15, -0.1) is 12.4 Å². The minimum atomic E-state index is -4.42. The Morgan fingerprint density at radius 3 is 2.07 bits per heavy atom. The molecular weight excluding hydrogens is 557 g/mol. The molecule has 8 nitrogen and oxygen atoms in total. The number of urea groups is 1. The number of carbonyl (C=O) groups excluding carboxylic acids is 2. The van der Waals surface area contributed by atoms with E-state index in [-0.39, 0.29) is 60.4 Å². The lowest BCUT2D eigenvalue weighted by Gasteiger charge is -2.38. The normalized spacial score (nSPS) is 22.6. The molecule has 1 saturated carbocycles. The number of likely N-dealkylation sites (tertiary alicyclic amines) is 3. The lowest BCUT2D eigenvalue weighted by molar-refractivity contribution is -0.138. The first-order valence-electron chi connectivity index (χ1n) is 14.5. The molecule has 12 heteroatoms. The summed E-state index contributed by atoms with van der Waals surface area (Å²) < 4.78 is 42.8. The van der Waals surface area contributed by atoms with Crippen LogP contribution < -0.4 is 5.73 Å². The summed E-state index contributed by atoms with van der Waals surface area (Å²) >= 11 is 0. The molecule has 224 valence electrons. The molecule has 1 atom stereocenters. The molecule has 0 bridgehead atoms. The average Bonchev–Trinajstić information content (AvgIpc) is 3.50. The van der Waals surface area contributed by atoms with Crippen LogP contribution in [-0.4, -0.2) is 81.7 Å². The molecule has 3 aliphatic heterocycles. The molecule has 3 amide bonds. The van der Waals surface area contributed by atoms with E-state index >= 15 is 0 Å². The number of alkyl halides is 3. The molecule has 4 fully saturated rings. The number of piperidine rings is 2. The Balaban J connectivity index is 0.00000337. The summed E-state index contributed by atoms with van der Waals surface area (Å²) in [7, 11) is 0. The number of nitrogens with two attached hydrogens (primary N) is 1. The van der Waals surface area contributed by atoms with Crippen LogP contribution in [0.25, 0.3) is 0 Å². The van der Waals surface area contributed by atoms with Crippen LogP contribution in [0.3, 0.4) is 0 Å². The summed E-state index contributed by atoms with van der Waals surface area (Å²) in [5.74, 6) is -0.210. The molecule has 41 heavy (non-hydrogen) atoms. The number of carbonyl (C=O) groups is 2. The molecule has 0 unspecified atom stereocenters. The summed E-state index contributed by atoms with van der Waals surface area (Å²) in [6, 6.07) is 6.06. The van der Waals surface area contributed by atoms with Crippen LogP contribution in [0.1, 0.15) is 90.0 Å². The van der Waals surface area contributed by atoms with Crippen LogP contribution in [-0.2, 0) is 6.18 Å². The Morgan fingerprint density at radius 1 is 0.829 bits per heavy atom. The average molecular weight is 595 g/mol. The van der Waals surface area contributed by atoms with Gasteiger partial charge in [0.05, 0.1) is 29.1 Å². The number of hydrogen-bond acceptors (Lipinski definition) is 4. The minimum absolute atomic E-state index is 0. The number of amides is 3. The third-order valence-electron chi connectivity index (χ3n) is 9.10. The van der Waals surface area contributed by atoms with Crippen LogP contribution in [0.2, 0.25) is 0 Å². The predicted molar refractivity (Wildman–Crippen MR) is 150 cm³/mol. The topological polar surface area (TPSA) is 87.7 Å². The van der Waals surface area contributed by atoms with Gasteiger partial charge < -0.3 is 20.4 Å². The summed E-state index contributed by atoms with van der Waals surface area (Å²) in [5, 5.41) is 4.68. The second-order valence-corrected chi connectivity index (χ2v) is 11.8. The maximum Gasteiger partial charge on any atom is 0.416 e. The fraction of sp³-hybridized carbons (Fsp3) is 0.621. The van der Waals surface area contributed by atoms with Gasteiger partial charge in [-0.05, 0) is 56.6 Å². The zero-order chi connectivity index (χ0) is 28.0. The standard InChI is InChI=1S/C29H37F3N6O2.ClH/c30-29(31,32)25-4-2-1-3-23(25)20-7-12-37(18-20)27(39)24-17-34-38(26(24)19-5-6-19)22-10-15-36(16-11-22)28(40)35-13-8-21(33)9-14-35;/h1-4,17,19-22H,5-16,18,33H2;1H/t20-;/m1./s1. The van der Waals surface area contributed by atoms with Crippen molar-refractivity contribution in [2.24, 2.45) is 5.73 Å². The second kappa shape index (κ2) is 11.8. The van der Waals surface area contributed by atoms with Crippen molar-refractivity contribution in [2.45, 2.75) is 75.0 Å². The van der Waals surface area contributed by atoms with Gasteiger partial charge in [0.2, 0.25) is 0 Å². The molecule has 1 aromatic heterocycles. The highest BCUT2D eigenvalue weighted by molar-refractivity contribution is 5.95. The van der Waals surface area contributed by atoms with Crippen LogP contribution in [0.5, 0.6) is 0 Å². The summed E-state index contributed by atoms with van der Waals surface area (Å²) in [6.07, 6.45) is 2.96. The van der Waals surface area contributed by atoms with Crippen LogP contribution in [0.15, 0.2) is 30.5 Å². The highest BCUT2D eigenvalue weighted by Crippen LogP contribution is 2.44. The van der Waals surface area contributed by atoms with Crippen LogP contribution in [0.4, 0.5) is 18.0 Å². The number of hydrogen-bond donors (Lipinski definition) is 1. The first kappa shape index (κ1) is 29.7. The number of rotatable bonds is 4.